The minimum atomic E-state index is -3.41. The van der Waals surface area contributed by atoms with E-state index in [9.17, 15) is 18.0 Å². The Labute approximate surface area is 76.4 Å². The average molecular weight is 208 g/mol. The lowest BCUT2D eigenvalue weighted by Gasteiger charge is -2.08. The van der Waals surface area contributed by atoms with Crippen LogP contribution < -0.4 is 11.1 Å². The molecule has 0 aliphatic heterocycles. The number of sulfone groups is 1. The first kappa shape index (κ1) is 11.9. The molecule has 0 heterocycles. The molecule has 0 saturated heterocycles. The maximum Gasteiger partial charge on any atom is 0.238 e. The molecule has 76 valence electrons. The Morgan fingerprint density at radius 2 is 1.92 bits per heavy atom. The highest BCUT2D eigenvalue weighted by molar-refractivity contribution is 7.92. The van der Waals surface area contributed by atoms with Crippen molar-refractivity contribution in [1.82, 2.24) is 5.32 Å². The first-order valence-corrected chi connectivity index (χ1v) is 5.45. The summed E-state index contributed by atoms with van der Waals surface area (Å²) in [5.41, 5.74) is 4.75. The molecule has 0 aliphatic rings. The number of primary amides is 1. The maximum atomic E-state index is 11.0. The predicted octanol–water partition coefficient (Wildman–Crippen LogP) is -1.98. The Bertz CT molecular complexity index is 309. The van der Waals surface area contributed by atoms with E-state index in [0.29, 0.717) is 0 Å². The third kappa shape index (κ3) is 4.46. The van der Waals surface area contributed by atoms with Crippen LogP contribution in [0.4, 0.5) is 0 Å². The van der Waals surface area contributed by atoms with Gasteiger partial charge in [-0.3, -0.25) is 9.59 Å². The predicted molar refractivity (Wildman–Crippen MR) is 46.5 cm³/mol. The third-order valence-corrected chi connectivity index (χ3v) is 2.95. The van der Waals surface area contributed by atoms with Gasteiger partial charge >= 0.3 is 0 Å². The highest BCUT2D eigenvalue weighted by Gasteiger charge is 2.23. The van der Waals surface area contributed by atoms with Crippen LogP contribution in [-0.4, -0.2) is 38.3 Å². The SMILES string of the molecule is CC(C(=O)NCC(N)=O)S(C)(=O)=O. The lowest BCUT2D eigenvalue weighted by atomic mass is 10.4. The van der Waals surface area contributed by atoms with Crippen LogP contribution in [0.3, 0.4) is 0 Å². The molecule has 3 N–H and O–H groups in total. The van der Waals surface area contributed by atoms with Crippen molar-refractivity contribution in [3.8, 4) is 0 Å². The summed E-state index contributed by atoms with van der Waals surface area (Å²) in [6.45, 7) is 0.893. The summed E-state index contributed by atoms with van der Waals surface area (Å²) in [5.74, 6) is -1.43. The summed E-state index contributed by atoms with van der Waals surface area (Å²) in [5, 5.41) is 0.935. The Kier molecular flexibility index (Phi) is 3.86. The molecule has 0 bridgehead atoms. The van der Waals surface area contributed by atoms with E-state index in [1.165, 1.54) is 6.92 Å². The van der Waals surface area contributed by atoms with Gasteiger partial charge in [0.05, 0.1) is 6.54 Å². The van der Waals surface area contributed by atoms with Crippen LogP contribution in [0.15, 0.2) is 0 Å². The fraction of sp³-hybridized carbons (Fsp3) is 0.667. The van der Waals surface area contributed by atoms with E-state index in [1.807, 2.05) is 0 Å². The Morgan fingerprint density at radius 3 is 2.23 bits per heavy atom. The number of hydrogen-bond acceptors (Lipinski definition) is 4. The van der Waals surface area contributed by atoms with Crippen LogP contribution in [-0.2, 0) is 19.4 Å². The molecule has 0 aliphatic carbocycles. The quantitative estimate of drug-likeness (QED) is 0.558. The van der Waals surface area contributed by atoms with Crippen LogP contribution in [0.1, 0.15) is 6.92 Å². The monoisotopic (exact) mass is 208 g/mol. The van der Waals surface area contributed by atoms with Crippen LogP contribution in [0.2, 0.25) is 0 Å². The van der Waals surface area contributed by atoms with E-state index in [-0.39, 0.29) is 6.54 Å². The first-order chi connectivity index (χ1) is 5.75. The summed E-state index contributed by atoms with van der Waals surface area (Å²) >= 11 is 0. The zero-order valence-electron chi connectivity index (χ0n) is 7.40. The molecule has 0 aromatic carbocycles. The summed E-state index contributed by atoms with van der Waals surface area (Å²) in [6, 6.07) is 0. The van der Waals surface area contributed by atoms with E-state index >= 15 is 0 Å². The Hall–Kier alpha value is -1.11. The van der Waals surface area contributed by atoms with Crippen LogP contribution >= 0.6 is 0 Å². The molecule has 0 radical (unpaired) electrons. The largest absolute Gasteiger partial charge is 0.368 e. The lowest BCUT2D eigenvalue weighted by molar-refractivity contribution is -0.124. The van der Waals surface area contributed by atoms with Gasteiger partial charge in [-0.05, 0) is 6.92 Å². The lowest BCUT2D eigenvalue weighted by Crippen LogP contribution is -2.41. The molecule has 1 unspecified atom stereocenters. The van der Waals surface area contributed by atoms with Gasteiger partial charge in [-0.15, -0.1) is 0 Å². The molecule has 7 heteroatoms. The van der Waals surface area contributed by atoms with Crippen molar-refractivity contribution < 1.29 is 18.0 Å². The molecule has 0 aromatic rings. The summed E-state index contributed by atoms with van der Waals surface area (Å²) in [4.78, 5) is 21.2. The summed E-state index contributed by atoms with van der Waals surface area (Å²) in [6.07, 6.45) is 0.946. The maximum absolute atomic E-state index is 11.0. The minimum Gasteiger partial charge on any atom is -0.368 e. The van der Waals surface area contributed by atoms with Gasteiger partial charge in [-0.2, -0.15) is 0 Å². The fourth-order valence-corrected chi connectivity index (χ4v) is 0.985. The topological polar surface area (TPSA) is 106 Å². The van der Waals surface area contributed by atoms with E-state index in [4.69, 9.17) is 5.73 Å². The van der Waals surface area contributed by atoms with E-state index in [0.717, 1.165) is 6.26 Å². The second kappa shape index (κ2) is 4.22. The van der Waals surface area contributed by atoms with Crippen molar-refractivity contribution in [1.29, 1.82) is 0 Å². The normalized spacial score (nSPS) is 13.4. The van der Waals surface area contributed by atoms with Crippen LogP contribution in [0.5, 0.6) is 0 Å². The molecule has 13 heavy (non-hydrogen) atoms. The van der Waals surface area contributed by atoms with Gasteiger partial charge in [0.2, 0.25) is 11.8 Å². The van der Waals surface area contributed by atoms with Crippen LogP contribution in [0.25, 0.3) is 0 Å². The summed E-state index contributed by atoms with van der Waals surface area (Å²) in [7, 11) is -3.41. The second-order valence-electron chi connectivity index (χ2n) is 2.66. The molecular formula is C6H12N2O4S. The minimum absolute atomic E-state index is 0.349. The van der Waals surface area contributed by atoms with E-state index in [2.05, 4.69) is 5.32 Å². The van der Waals surface area contributed by atoms with Gasteiger partial charge in [-0.25, -0.2) is 8.42 Å². The Balaban J connectivity index is 4.22. The van der Waals surface area contributed by atoms with Crippen molar-refractivity contribution in [2.45, 2.75) is 12.2 Å². The van der Waals surface area contributed by atoms with Crippen molar-refractivity contribution in [3.05, 3.63) is 0 Å². The van der Waals surface area contributed by atoms with E-state index in [1.54, 1.807) is 0 Å². The average Bonchev–Trinajstić information content (AvgIpc) is 1.96. The van der Waals surface area contributed by atoms with Gasteiger partial charge in [0.1, 0.15) is 5.25 Å². The summed E-state index contributed by atoms with van der Waals surface area (Å²) < 4.78 is 21.7. The highest BCUT2D eigenvalue weighted by Crippen LogP contribution is 1.96. The van der Waals surface area contributed by atoms with E-state index < -0.39 is 26.9 Å². The van der Waals surface area contributed by atoms with Crippen LogP contribution in [0, 0.1) is 0 Å². The molecule has 2 amide bonds. The first-order valence-electron chi connectivity index (χ1n) is 3.50. The van der Waals surface area contributed by atoms with Gasteiger partial charge in [-0.1, -0.05) is 0 Å². The molecule has 0 rings (SSSR count). The number of amides is 2. The zero-order valence-corrected chi connectivity index (χ0v) is 8.22. The molecular weight excluding hydrogens is 196 g/mol. The Morgan fingerprint density at radius 1 is 1.46 bits per heavy atom. The fourth-order valence-electron chi connectivity index (χ4n) is 0.512. The third-order valence-electron chi connectivity index (χ3n) is 1.45. The molecule has 0 aromatic heterocycles. The number of carbonyl (C=O) groups is 2. The molecule has 0 fully saturated rings. The van der Waals surface area contributed by atoms with Crippen molar-refractivity contribution in [2.75, 3.05) is 12.8 Å². The number of hydrogen-bond donors (Lipinski definition) is 2. The van der Waals surface area contributed by atoms with Gasteiger partial charge < -0.3 is 11.1 Å². The van der Waals surface area contributed by atoms with Gasteiger partial charge in [0, 0.05) is 6.26 Å². The number of nitrogens with one attached hydrogen (secondary N) is 1. The van der Waals surface area contributed by atoms with Crippen molar-refractivity contribution in [3.63, 3.8) is 0 Å². The van der Waals surface area contributed by atoms with Gasteiger partial charge in [0.15, 0.2) is 9.84 Å². The zero-order chi connectivity index (χ0) is 10.6. The number of nitrogens with two attached hydrogens (primary N) is 1. The number of rotatable bonds is 4. The number of carbonyl (C=O) groups excluding carboxylic acids is 2. The van der Waals surface area contributed by atoms with Gasteiger partial charge in [0.25, 0.3) is 0 Å². The van der Waals surface area contributed by atoms with Crippen molar-refractivity contribution >= 4 is 21.7 Å². The molecule has 6 nitrogen and oxygen atoms in total. The molecule has 0 saturated carbocycles. The second-order valence-corrected chi connectivity index (χ2v) is 5.02. The van der Waals surface area contributed by atoms with Crippen molar-refractivity contribution in [2.24, 2.45) is 5.73 Å². The molecule has 0 spiro atoms. The smallest absolute Gasteiger partial charge is 0.238 e. The highest BCUT2D eigenvalue weighted by atomic mass is 32.2. The standard InChI is InChI=1S/C6H12N2O4S/c1-4(13(2,11)12)6(10)8-3-5(7)9/h4H,3H2,1-2H3,(H2,7,9)(H,8,10). The molecule has 1 atom stereocenters.